The zero-order chi connectivity index (χ0) is 21.9. The molecule has 0 bridgehead atoms. The van der Waals surface area contributed by atoms with Gasteiger partial charge in [-0.15, -0.1) is 0 Å². The second kappa shape index (κ2) is 11.7. The third-order valence-electron chi connectivity index (χ3n) is 5.12. The van der Waals surface area contributed by atoms with Crippen LogP contribution in [0.15, 0.2) is 91.0 Å². The lowest BCUT2D eigenvalue weighted by molar-refractivity contribution is -0.870. The number of hydrogen-bond donors (Lipinski definition) is 1. The molecule has 0 aliphatic heterocycles. The molecule has 0 aliphatic carbocycles. The summed E-state index contributed by atoms with van der Waals surface area (Å²) in [4.78, 5) is 0. The summed E-state index contributed by atoms with van der Waals surface area (Å²) in [5.74, 6) is 0. The van der Waals surface area contributed by atoms with Crippen molar-refractivity contribution in [1.29, 1.82) is 0 Å². The molecule has 0 heterocycles. The highest BCUT2D eigenvalue weighted by atomic mass is 16.3. The summed E-state index contributed by atoms with van der Waals surface area (Å²) in [6, 6.07) is 33.1. The van der Waals surface area contributed by atoms with Crippen LogP contribution in [-0.4, -0.2) is 51.7 Å². The van der Waals surface area contributed by atoms with Crippen molar-refractivity contribution in [1.82, 2.24) is 0 Å². The molecule has 0 spiro atoms. The molecule has 160 valence electrons. The number of benzene rings is 3. The zero-order valence-corrected chi connectivity index (χ0v) is 18.1. The fourth-order valence-electron chi connectivity index (χ4n) is 3.67. The highest BCUT2D eigenvalue weighted by Gasteiger charge is 2.34. The van der Waals surface area contributed by atoms with E-state index in [1.165, 1.54) is 35.9 Å². The highest BCUT2D eigenvalue weighted by molar-refractivity contribution is 6.08. The number of aliphatic hydroxyl groups excluding tert-OH is 1. The third kappa shape index (κ3) is 6.58. The predicted molar refractivity (Wildman–Crippen MR) is 133 cm³/mol. The van der Waals surface area contributed by atoms with Gasteiger partial charge in [-0.2, -0.15) is 6.32 Å². The van der Waals surface area contributed by atoms with Gasteiger partial charge in [-0.05, 0) is 31.0 Å². The molecule has 0 amide bonds. The Hall–Kier alpha value is -2.36. The Morgan fingerprint density at radius 1 is 0.700 bits per heavy atom. The summed E-state index contributed by atoms with van der Waals surface area (Å²) in [6.45, 7) is 1.11. The molecule has 0 fully saturated rings. The molecule has 0 unspecified atom stereocenters. The molecule has 30 heavy (non-hydrogen) atoms. The first kappa shape index (κ1) is 23.9. The fraction of sp³-hybridized carbons (Fsp3) is 0.333. The fourth-order valence-corrected chi connectivity index (χ4v) is 3.67. The molecule has 2 nitrogen and oxygen atoms in total. The minimum Gasteiger partial charge on any atom is -0.391 e. The molecule has 1 N–H and O–H groups in total. The third-order valence-corrected chi connectivity index (χ3v) is 5.12. The van der Waals surface area contributed by atoms with Crippen molar-refractivity contribution in [3.63, 3.8) is 0 Å². The second-order valence-electron chi connectivity index (χ2n) is 8.34. The molecule has 0 radical (unpaired) electrons. The standard InChI is InChI=1S/C22H24B.C5H14NO/c23-18-10-17-22(19-11-4-1-5-12-19,20-13-6-2-7-14-20)21-15-8-3-9-16-21;1-6(2,3)4-5-7/h1-9,11-16H,10,17-18H2,23H3;7H,4-5H2,1-3H3/q-1;+1. The van der Waals surface area contributed by atoms with Crippen LogP contribution in [0, 0.1) is 0 Å². The summed E-state index contributed by atoms with van der Waals surface area (Å²) >= 11 is 0. The molecule has 3 heteroatoms. The predicted octanol–water partition coefficient (Wildman–Crippen LogP) is 4.27. The van der Waals surface area contributed by atoms with Gasteiger partial charge >= 0.3 is 0 Å². The molecule has 3 aromatic rings. The topological polar surface area (TPSA) is 20.2 Å². The SMILES string of the molecule is C[N+](C)(C)CCO.[BH3-]CCCC(c1ccccc1)(c1ccccc1)c1ccccc1. The van der Waals surface area contributed by atoms with Crippen LogP contribution in [0.25, 0.3) is 0 Å². The molecular weight excluding hydrogens is 365 g/mol. The van der Waals surface area contributed by atoms with E-state index >= 15 is 0 Å². The normalized spacial score (nSPS) is 11.5. The largest absolute Gasteiger partial charge is 0.391 e. The lowest BCUT2D eigenvalue weighted by atomic mass is 9.66. The van der Waals surface area contributed by atoms with Crippen molar-refractivity contribution in [2.45, 2.75) is 24.6 Å². The van der Waals surface area contributed by atoms with Crippen molar-refractivity contribution in [2.75, 3.05) is 34.3 Å². The minimum atomic E-state index is -0.0297. The monoisotopic (exact) mass is 403 g/mol. The van der Waals surface area contributed by atoms with E-state index in [0.717, 1.165) is 11.0 Å². The molecule has 3 aromatic carbocycles. The van der Waals surface area contributed by atoms with Crippen LogP contribution >= 0.6 is 0 Å². The maximum Gasteiger partial charge on any atom is 0.101 e. The van der Waals surface area contributed by atoms with Crippen LogP contribution in [-0.2, 0) is 5.41 Å². The Morgan fingerprint density at radius 2 is 1.07 bits per heavy atom. The van der Waals surface area contributed by atoms with Crippen LogP contribution in [0.2, 0.25) is 6.32 Å². The zero-order valence-electron chi connectivity index (χ0n) is 18.1. The summed E-state index contributed by atoms with van der Waals surface area (Å²) in [6.07, 6.45) is 3.96. The molecule has 0 saturated carbocycles. The molecule has 0 aliphatic rings. The molecule has 3 rings (SSSR count). The maximum absolute atomic E-state index is 8.39. The van der Waals surface area contributed by atoms with Gasteiger partial charge in [0.2, 0.25) is 0 Å². The van der Waals surface area contributed by atoms with E-state index in [1.807, 2.05) is 0 Å². The van der Waals surface area contributed by atoms with Crippen LogP contribution in [0.5, 0.6) is 0 Å². The van der Waals surface area contributed by atoms with E-state index in [1.54, 1.807) is 0 Å². The molecule has 0 atom stereocenters. The summed E-state index contributed by atoms with van der Waals surface area (Å²) < 4.78 is 0.844. The second-order valence-corrected chi connectivity index (χ2v) is 8.34. The average Bonchev–Trinajstić information content (AvgIpc) is 2.76. The van der Waals surface area contributed by atoms with Crippen LogP contribution in [0.3, 0.4) is 0 Å². The number of aliphatic hydroxyl groups is 1. The van der Waals surface area contributed by atoms with Crippen molar-refractivity contribution in [2.24, 2.45) is 0 Å². The molecular formula is C27H38BNO. The lowest BCUT2D eigenvalue weighted by Gasteiger charge is -2.36. The Labute approximate surface area is 184 Å². The smallest absolute Gasteiger partial charge is 0.101 e. The Bertz CT molecular complexity index is 732. The van der Waals surface area contributed by atoms with Crippen molar-refractivity contribution in [3.8, 4) is 0 Å². The Kier molecular flexibility index (Phi) is 9.36. The minimum absolute atomic E-state index is 0.0297. The van der Waals surface area contributed by atoms with Gasteiger partial charge in [-0.1, -0.05) is 97.4 Å². The van der Waals surface area contributed by atoms with E-state index in [9.17, 15) is 0 Å². The van der Waals surface area contributed by atoms with E-state index in [4.69, 9.17) is 5.11 Å². The summed E-state index contributed by atoms with van der Waals surface area (Å²) in [5, 5.41) is 8.39. The van der Waals surface area contributed by atoms with Gasteiger partial charge in [0.25, 0.3) is 0 Å². The lowest BCUT2D eigenvalue weighted by Crippen LogP contribution is -2.36. The molecule has 0 saturated heterocycles. The summed E-state index contributed by atoms with van der Waals surface area (Å²) in [5.41, 5.74) is 4.19. The number of nitrogens with zero attached hydrogens (tertiary/aromatic N) is 1. The van der Waals surface area contributed by atoms with Crippen molar-refractivity contribution in [3.05, 3.63) is 108 Å². The number of rotatable bonds is 8. The van der Waals surface area contributed by atoms with Gasteiger partial charge in [0.05, 0.1) is 27.7 Å². The first-order valence-corrected chi connectivity index (χ1v) is 10.3. The molecule has 0 aromatic heterocycles. The first-order chi connectivity index (χ1) is 14.4. The van der Waals surface area contributed by atoms with E-state index < -0.39 is 0 Å². The Balaban J connectivity index is 0.000000396. The van der Waals surface area contributed by atoms with Gasteiger partial charge in [-0.3, -0.25) is 0 Å². The summed E-state index contributed by atoms with van der Waals surface area (Å²) in [7, 11) is 6.62. The van der Waals surface area contributed by atoms with Crippen LogP contribution in [0.4, 0.5) is 0 Å². The van der Waals surface area contributed by atoms with Gasteiger partial charge in [-0.25, -0.2) is 0 Å². The van der Waals surface area contributed by atoms with E-state index in [-0.39, 0.29) is 12.0 Å². The highest BCUT2D eigenvalue weighted by Crippen LogP contribution is 2.43. The van der Waals surface area contributed by atoms with E-state index in [2.05, 4.69) is 112 Å². The quantitative estimate of drug-likeness (QED) is 0.338. The van der Waals surface area contributed by atoms with Gasteiger partial charge in [0.15, 0.2) is 0 Å². The van der Waals surface area contributed by atoms with Crippen LogP contribution < -0.4 is 0 Å². The van der Waals surface area contributed by atoms with E-state index in [0.29, 0.717) is 7.85 Å². The number of likely N-dealkylation sites (N-methyl/N-ethyl adjacent to an activating group) is 1. The van der Waals surface area contributed by atoms with Crippen molar-refractivity contribution < 1.29 is 9.59 Å². The Morgan fingerprint density at radius 3 is 1.30 bits per heavy atom. The van der Waals surface area contributed by atoms with Crippen molar-refractivity contribution >= 4 is 7.85 Å². The van der Waals surface area contributed by atoms with Crippen LogP contribution in [0.1, 0.15) is 29.5 Å². The number of hydrogen-bond acceptors (Lipinski definition) is 1. The van der Waals surface area contributed by atoms with Gasteiger partial charge < -0.3 is 9.59 Å². The maximum atomic E-state index is 8.39. The van der Waals surface area contributed by atoms with Gasteiger partial charge in [0, 0.05) is 5.41 Å². The van der Waals surface area contributed by atoms with Gasteiger partial charge in [0.1, 0.15) is 6.54 Å². The average molecular weight is 403 g/mol. The first-order valence-electron chi connectivity index (χ1n) is 10.3. The number of quaternary nitrogens is 1.